The standard InChI is InChI=1S/C24H23N3O3S2/c1-29-18-3-6-20(7-4-18)31-14-11-23(28)27(16-17-9-12-25-13-10-17)24-26-21-8-5-19(30-2)15-22(21)32-24/h3-10,12-13,15H,11,14,16H2,1-2H3. The quantitative estimate of drug-likeness (QED) is 0.307. The summed E-state index contributed by atoms with van der Waals surface area (Å²) < 4.78 is 11.5. The van der Waals surface area contributed by atoms with Gasteiger partial charge in [0.15, 0.2) is 5.13 Å². The predicted molar refractivity (Wildman–Crippen MR) is 130 cm³/mol. The minimum absolute atomic E-state index is 0.0360. The molecule has 2 heterocycles. The van der Waals surface area contributed by atoms with E-state index in [0.29, 0.717) is 23.8 Å². The summed E-state index contributed by atoms with van der Waals surface area (Å²) in [6.45, 7) is 0.450. The van der Waals surface area contributed by atoms with E-state index in [-0.39, 0.29) is 5.91 Å². The Morgan fingerprint density at radius 2 is 1.72 bits per heavy atom. The van der Waals surface area contributed by atoms with E-state index in [9.17, 15) is 4.79 Å². The molecule has 0 saturated carbocycles. The normalized spacial score (nSPS) is 10.8. The van der Waals surface area contributed by atoms with Gasteiger partial charge in [-0.3, -0.25) is 14.7 Å². The van der Waals surface area contributed by atoms with Crippen LogP contribution in [-0.4, -0.2) is 35.8 Å². The van der Waals surface area contributed by atoms with Gasteiger partial charge in [0, 0.05) is 29.5 Å². The summed E-state index contributed by atoms with van der Waals surface area (Å²) in [5.74, 6) is 2.31. The Bertz CT molecular complexity index is 1180. The number of thiazole rings is 1. The molecule has 0 unspecified atom stereocenters. The molecule has 164 valence electrons. The van der Waals surface area contributed by atoms with Gasteiger partial charge in [-0.05, 0) is 60.2 Å². The van der Waals surface area contributed by atoms with Gasteiger partial charge in [-0.2, -0.15) is 0 Å². The van der Waals surface area contributed by atoms with Crippen molar-refractivity contribution in [3.8, 4) is 11.5 Å². The zero-order valence-corrected chi connectivity index (χ0v) is 19.5. The lowest BCUT2D eigenvalue weighted by Crippen LogP contribution is -2.30. The smallest absolute Gasteiger partial charge is 0.229 e. The van der Waals surface area contributed by atoms with E-state index in [2.05, 4.69) is 4.98 Å². The van der Waals surface area contributed by atoms with Crippen molar-refractivity contribution < 1.29 is 14.3 Å². The average Bonchev–Trinajstić information content (AvgIpc) is 3.26. The van der Waals surface area contributed by atoms with Crippen LogP contribution in [-0.2, 0) is 11.3 Å². The highest BCUT2D eigenvalue weighted by Gasteiger charge is 2.20. The third-order valence-corrected chi connectivity index (χ3v) is 6.91. The summed E-state index contributed by atoms with van der Waals surface area (Å²) in [4.78, 5) is 24.9. The van der Waals surface area contributed by atoms with Gasteiger partial charge < -0.3 is 9.47 Å². The number of carbonyl (C=O) groups excluding carboxylic acids is 1. The molecule has 0 aliphatic carbocycles. The van der Waals surface area contributed by atoms with Gasteiger partial charge >= 0.3 is 0 Å². The number of ether oxygens (including phenoxy) is 2. The van der Waals surface area contributed by atoms with Crippen LogP contribution in [0.2, 0.25) is 0 Å². The van der Waals surface area contributed by atoms with Crippen LogP contribution in [0.25, 0.3) is 10.2 Å². The Morgan fingerprint density at radius 3 is 2.44 bits per heavy atom. The molecule has 0 atom stereocenters. The summed E-state index contributed by atoms with van der Waals surface area (Å²) >= 11 is 3.14. The molecule has 6 nitrogen and oxygen atoms in total. The van der Waals surface area contributed by atoms with Gasteiger partial charge in [-0.25, -0.2) is 4.98 Å². The van der Waals surface area contributed by atoms with Crippen molar-refractivity contribution in [3.05, 3.63) is 72.6 Å². The van der Waals surface area contributed by atoms with Crippen molar-refractivity contribution in [2.24, 2.45) is 0 Å². The number of rotatable bonds is 9. The minimum atomic E-state index is 0.0360. The second-order valence-corrected chi connectivity index (χ2v) is 9.12. The van der Waals surface area contributed by atoms with Gasteiger partial charge in [-0.1, -0.05) is 11.3 Å². The lowest BCUT2D eigenvalue weighted by Gasteiger charge is -2.20. The summed E-state index contributed by atoms with van der Waals surface area (Å²) in [6.07, 6.45) is 3.88. The van der Waals surface area contributed by atoms with Crippen molar-refractivity contribution >= 4 is 44.4 Å². The molecule has 0 aliphatic rings. The van der Waals surface area contributed by atoms with E-state index in [0.717, 1.165) is 32.2 Å². The van der Waals surface area contributed by atoms with Crippen molar-refractivity contribution in [3.63, 3.8) is 0 Å². The molecular weight excluding hydrogens is 442 g/mol. The third-order valence-electron chi connectivity index (χ3n) is 4.85. The Hall–Kier alpha value is -3.10. The van der Waals surface area contributed by atoms with E-state index in [1.165, 1.54) is 11.3 Å². The second kappa shape index (κ2) is 10.5. The maximum absolute atomic E-state index is 13.3. The summed E-state index contributed by atoms with van der Waals surface area (Å²) in [6, 6.07) is 17.4. The number of benzene rings is 2. The first-order chi connectivity index (χ1) is 15.7. The number of hydrogen-bond donors (Lipinski definition) is 0. The fraction of sp³-hybridized carbons (Fsp3) is 0.208. The van der Waals surface area contributed by atoms with Crippen molar-refractivity contribution in [2.75, 3.05) is 24.9 Å². The van der Waals surface area contributed by atoms with Crippen LogP contribution >= 0.6 is 23.1 Å². The number of aromatic nitrogens is 2. The molecule has 0 saturated heterocycles. The molecule has 4 aromatic rings. The first-order valence-electron chi connectivity index (χ1n) is 10.1. The molecule has 0 spiro atoms. The van der Waals surface area contributed by atoms with Crippen molar-refractivity contribution in [1.29, 1.82) is 0 Å². The topological polar surface area (TPSA) is 64.5 Å². The van der Waals surface area contributed by atoms with Crippen LogP contribution in [0.4, 0.5) is 5.13 Å². The number of pyridine rings is 1. The molecule has 0 fully saturated rings. The van der Waals surface area contributed by atoms with Crippen LogP contribution in [0.5, 0.6) is 11.5 Å². The van der Waals surface area contributed by atoms with E-state index in [1.54, 1.807) is 43.3 Å². The summed E-state index contributed by atoms with van der Waals surface area (Å²) in [5.41, 5.74) is 1.86. The lowest BCUT2D eigenvalue weighted by atomic mass is 10.2. The van der Waals surface area contributed by atoms with Gasteiger partial charge in [0.05, 0.1) is 31.0 Å². The van der Waals surface area contributed by atoms with Gasteiger partial charge in [0.2, 0.25) is 5.91 Å². The average molecular weight is 466 g/mol. The molecule has 1 amide bonds. The van der Waals surface area contributed by atoms with Crippen molar-refractivity contribution in [1.82, 2.24) is 9.97 Å². The highest BCUT2D eigenvalue weighted by Crippen LogP contribution is 2.33. The zero-order chi connectivity index (χ0) is 22.3. The molecule has 2 aromatic carbocycles. The molecular formula is C24H23N3O3S2. The molecule has 32 heavy (non-hydrogen) atoms. The van der Waals surface area contributed by atoms with Gasteiger partial charge in [-0.15, -0.1) is 11.8 Å². The third kappa shape index (κ3) is 5.38. The predicted octanol–water partition coefficient (Wildman–Crippen LogP) is 5.42. The molecule has 0 radical (unpaired) electrons. The monoisotopic (exact) mass is 465 g/mol. The maximum atomic E-state index is 13.3. The van der Waals surface area contributed by atoms with E-state index in [1.807, 2.05) is 54.6 Å². The molecule has 8 heteroatoms. The highest BCUT2D eigenvalue weighted by atomic mass is 32.2. The van der Waals surface area contributed by atoms with E-state index >= 15 is 0 Å². The van der Waals surface area contributed by atoms with E-state index in [4.69, 9.17) is 14.5 Å². The molecule has 0 N–H and O–H groups in total. The van der Waals surface area contributed by atoms with Crippen molar-refractivity contribution in [2.45, 2.75) is 17.9 Å². The molecule has 0 aliphatic heterocycles. The van der Waals surface area contributed by atoms with Crippen LogP contribution in [0.15, 0.2) is 71.9 Å². The Labute approximate surface area is 195 Å². The fourth-order valence-electron chi connectivity index (χ4n) is 3.13. The lowest BCUT2D eigenvalue weighted by molar-refractivity contribution is -0.118. The SMILES string of the molecule is COc1ccc(SCCC(=O)N(Cc2ccncc2)c2nc3ccc(OC)cc3s2)cc1. The van der Waals surface area contributed by atoms with Gasteiger partial charge in [0.25, 0.3) is 0 Å². The minimum Gasteiger partial charge on any atom is -0.497 e. The fourth-order valence-corrected chi connectivity index (χ4v) is 4.98. The number of methoxy groups -OCH3 is 2. The molecule has 4 rings (SSSR count). The van der Waals surface area contributed by atoms with Crippen LogP contribution in [0.1, 0.15) is 12.0 Å². The Morgan fingerprint density at radius 1 is 1.00 bits per heavy atom. The number of nitrogens with zero attached hydrogens (tertiary/aromatic N) is 3. The van der Waals surface area contributed by atoms with Crippen LogP contribution in [0.3, 0.4) is 0 Å². The second-order valence-electron chi connectivity index (χ2n) is 6.94. The maximum Gasteiger partial charge on any atom is 0.229 e. The number of amides is 1. The summed E-state index contributed by atoms with van der Waals surface area (Å²) in [7, 11) is 3.29. The first kappa shape index (κ1) is 22.1. The van der Waals surface area contributed by atoms with Gasteiger partial charge in [0.1, 0.15) is 11.5 Å². The molecule has 0 bridgehead atoms. The van der Waals surface area contributed by atoms with Crippen LogP contribution in [0, 0.1) is 0 Å². The highest BCUT2D eigenvalue weighted by molar-refractivity contribution is 7.99. The van der Waals surface area contributed by atoms with Crippen LogP contribution < -0.4 is 14.4 Å². The number of fused-ring (bicyclic) bond motifs is 1. The first-order valence-corrected chi connectivity index (χ1v) is 11.9. The molecule has 2 aromatic heterocycles. The number of hydrogen-bond acceptors (Lipinski definition) is 7. The largest absolute Gasteiger partial charge is 0.497 e. The zero-order valence-electron chi connectivity index (χ0n) is 17.9. The number of anilines is 1. The summed E-state index contributed by atoms with van der Waals surface area (Å²) in [5, 5.41) is 0.685. The Kier molecular flexibility index (Phi) is 7.24. The number of carbonyl (C=O) groups is 1. The van der Waals surface area contributed by atoms with E-state index < -0.39 is 0 Å². The number of thioether (sulfide) groups is 1. The Balaban J connectivity index is 1.51.